The molecule has 0 N–H and O–H groups in total. The largest absolute Gasteiger partial charge is 0.542 e. The van der Waals surface area contributed by atoms with Gasteiger partial charge in [-0.2, -0.15) is 0 Å². The number of likely N-dealkylation sites (N-methyl/N-ethyl adjacent to an activating group) is 1. The van der Waals surface area contributed by atoms with Crippen molar-refractivity contribution in [3.63, 3.8) is 0 Å². The summed E-state index contributed by atoms with van der Waals surface area (Å²) >= 11 is 0. The van der Waals surface area contributed by atoms with Gasteiger partial charge in [0.25, 0.3) is 8.32 Å². The summed E-state index contributed by atoms with van der Waals surface area (Å²) in [5, 5.41) is -0.0270. The van der Waals surface area contributed by atoms with Crippen molar-refractivity contribution in [3.05, 3.63) is 114 Å². The molecule has 7 heteroatoms. The van der Waals surface area contributed by atoms with Gasteiger partial charge in [0.05, 0.1) is 18.6 Å². The number of amides is 3. The Bertz CT molecular complexity index is 1350. The Balaban J connectivity index is 1.74. The number of hydrogen-bond donors (Lipinski definition) is 0. The van der Waals surface area contributed by atoms with Crippen LogP contribution < -0.4 is 0 Å². The zero-order valence-corrected chi connectivity index (χ0v) is 26.4. The summed E-state index contributed by atoms with van der Waals surface area (Å²) in [7, 11) is -0.441. The highest BCUT2D eigenvalue weighted by molar-refractivity contribution is 6.74. The minimum absolute atomic E-state index is 0.0270. The van der Waals surface area contributed by atoms with Crippen LogP contribution in [0.4, 0.5) is 4.79 Å². The van der Waals surface area contributed by atoms with Crippen LogP contribution in [0.3, 0.4) is 0 Å². The topological polar surface area (TPSA) is 53.1 Å². The predicted molar refractivity (Wildman–Crippen MR) is 168 cm³/mol. The fourth-order valence-electron chi connectivity index (χ4n) is 4.80. The Kier molecular flexibility index (Phi) is 9.07. The first kappa shape index (κ1) is 30.1. The van der Waals surface area contributed by atoms with E-state index < -0.39 is 8.32 Å². The molecule has 1 aliphatic heterocycles. The molecule has 1 aliphatic rings. The zero-order valence-electron chi connectivity index (χ0n) is 25.4. The third kappa shape index (κ3) is 6.91. The molecule has 0 spiro atoms. The molecule has 0 saturated carbocycles. The van der Waals surface area contributed by atoms with E-state index in [4.69, 9.17) is 4.43 Å². The second-order valence-corrected chi connectivity index (χ2v) is 17.1. The van der Waals surface area contributed by atoms with Crippen LogP contribution in [0.2, 0.25) is 18.1 Å². The van der Waals surface area contributed by atoms with Gasteiger partial charge in [-0.3, -0.25) is 4.79 Å². The van der Waals surface area contributed by atoms with Crippen LogP contribution in [-0.4, -0.2) is 54.6 Å². The van der Waals surface area contributed by atoms with Crippen molar-refractivity contribution in [3.8, 4) is 0 Å². The van der Waals surface area contributed by atoms with Crippen molar-refractivity contribution >= 4 is 26.0 Å². The first-order valence-corrected chi connectivity index (χ1v) is 17.2. The Hall–Kier alpha value is -3.84. The van der Waals surface area contributed by atoms with E-state index in [2.05, 4.69) is 33.9 Å². The third-order valence-corrected chi connectivity index (χ3v) is 12.8. The minimum atomic E-state index is -2.24. The van der Waals surface area contributed by atoms with Crippen molar-refractivity contribution in [2.24, 2.45) is 0 Å². The van der Waals surface area contributed by atoms with Gasteiger partial charge >= 0.3 is 6.03 Å². The summed E-state index contributed by atoms with van der Waals surface area (Å²) in [5.41, 5.74) is 2.92. The van der Waals surface area contributed by atoms with E-state index >= 15 is 0 Å². The molecule has 3 amide bonds. The highest BCUT2D eigenvalue weighted by Crippen LogP contribution is 2.40. The van der Waals surface area contributed by atoms with Gasteiger partial charge in [-0.15, -0.1) is 0 Å². The average molecular weight is 570 g/mol. The van der Waals surface area contributed by atoms with Gasteiger partial charge in [0.2, 0.25) is 5.91 Å². The van der Waals surface area contributed by atoms with Gasteiger partial charge in [0, 0.05) is 18.8 Å². The second-order valence-electron chi connectivity index (χ2n) is 12.3. The van der Waals surface area contributed by atoms with Crippen molar-refractivity contribution < 1.29 is 14.0 Å². The first-order valence-electron chi connectivity index (χ1n) is 14.3. The van der Waals surface area contributed by atoms with Crippen LogP contribution in [0.15, 0.2) is 97.2 Å². The van der Waals surface area contributed by atoms with Crippen LogP contribution in [0.5, 0.6) is 0 Å². The molecular weight excluding hydrogens is 526 g/mol. The fourth-order valence-corrected chi connectivity index (χ4v) is 5.82. The summed E-state index contributed by atoms with van der Waals surface area (Å²) in [5.74, 6) is 0.497. The highest BCUT2D eigenvalue weighted by Gasteiger charge is 2.43. The molecule has 1 fully saturated rings. The molecule has 1 heterocycles. The van der Waals surface area contributed by atoms with Gasteiger partial charge in [0.15, 0.2) is 0 Å². The Labute approximate surface area is 246 Å². The molecule has 41 heavy (non-hydrogen) atoms. The number of carbonyl (C=O) groups excluding carboxylic acids is 2. The molecule has 6 nitrogen and oxygen atoms in total. The Morgan fingerprint density at radius 2 is 1.46 bits per heavy atom. The Morgan fingerprint density at radius 3 is 2.02 bits per heavy atom. The highest BCUT2D eigenvalue weighted by atomic mass is 28.4. The van der Waals surface area contributed by atoms with Gasteiger partial charge in [-0.25, -0.2) is 4.79 Å². The van der Waals surface area contributed by atoms with Gasteiger partial charge in [0.1, 0.15) is 12.3 Å². The summed E-state index contributed by atoms with van der Waals surface area (Å²) in [6.45, 7) is 13.4. The molecule has 4 rings (SSSR count). The summed E-state index contributed by atoms with van der Waals surface area (Å²) in [6, 6.07) is 29.4. The van der Waals surface area contributed by atoms with Crippen LogP contribution in [0.25, 0.3) is 5.76 Å². The maximum atomic E-state index is 14.2. The van der Waals surface area contributed by atoms with E-state index in [0.717, 1.165) is 16.7 Å². The standard InChI is InChI=1S/C34H43N3O3Si/c1-26-32(29-21-15-10-16-22-29)37(33(39)35(26)5)25-31(38)36(23-27-17-11-8-12-18-27)24-30(28-19-13-9-14-20-28)40-41(6,7)34(2,3)4/h8-22,24,26,32H,23,25H2,1-7H3/b30-24+/t26-,32-/m0/s1. The average Bonchev–Trinajstić information content (AvgIpc) is 3.16. The summed E-state index contributed by atoms with van der Waals surface area (Å²) in [6.07, 6.45) is 1.84. The van der Waals surface area contributed by atoms with Crippen LogP contribution in [-0.2, 0) is 15.8 Å². The lowest BCUT2D eigenvalue weighted by Crippen LogP contribution is -2.42. The maximum Gasteiger partial charge on any atom is 0.321 e. The molecule has 216 valence electrons. The molecule has 0 aliphatic carbocycles. The van der Waals surface area contributed by atoms with E-state index in [0.29, 0.717) is 12.3 Å². The quantitative estimate of drug-likeness (QED) is 0.198. The van der Waals surface area contributed by atoms with E-state index in [9.17, 15) is 9.59 Å². The van der Waals surface area contributed by atoms with E-state index in [-0.39, 0.29) is 35.6 Å². The summed E-state index contributed by atoms with van der Waals surface area (Å²) in [4.78, 5) is 32.7. The normalized spacial score (nSPS) is 18.0. The lowest BCUT2D eigenvalue weighted by atomic mass is 10.0. The minimum Gasteiger partial charge on any atom is -0.542 e. The maximum absolute atomic E-state index is 14.2. The van der Waals surface area contributed by atoms with E-state index in [1.807, 2.05) is 104 Å². The van der Waals surface area contributed by atoms with Crippen molar-refractivity contribution in [1.82, 2.24) is 14.7 Å². The molecule has 0 unspecified atom stereocenters. The van der Waals surface area contributed by atoms with Crippen molar-refractivity contribution in [2.45, 2.75) is 64.5 Å². The lowest BCUT2D eigenvalue weighted by molar-refractivity contribution is -0.130. The molecule has 3 aromatic carbocycles. The predicted octanol–water partition coefficient (Wildman–Crippen LogP) is 7.53. The monoisotopic (exact) mass is 569 g/mol. The molecule has 2 atom stereocenters. The first-order chi connectivity index (χ1) is 19.4. The SMILES string of the molecule is C[C@H]1[C@@H](c2ccccc2)N(CC(=O)N(/C=C(/O[Si](C)(C)C(C)(C)C)c2ccccc2)Cc2ccccc2)C(=O)N1C. The molecule has 0 radical (unpaired) electrons. The Morgan fingerprint density at radius 1 is 0.927 bits per heavy atom. The van der Waals surface area contributed by atoms with Gasteiger partial charge in [-0.1, -0.05) is 112 Å². The zero-order chi connectivity index (χ0) is 29.8. The van der Waals surface area contributed by atoms with Crippen LogP contribution in [0.1, 0.15) is 50.4 Å². The summed E-state index contributed by atoms with van der Waals surface area (Å²) < 4.78 is 6.84. The number of hydrogen-bond acceptors (Lipinski definition) is 3. The van der Waals surface area contributed by atoms with Crippen molar-refractivity contribution in [1.29, 1.82) is 0 Å². The smallest absolute Gasteiger partial charge is 0.321 e. The van der Waals surface area contributed by atoms with Crippen molar-refractivity contribution in [2.75, 3.05) is 13.6 Å². The number of carbonyl (C=O) groups is 2. The molecular formula is C34H43N3O3Si. The number of rotatable bonds is 9. The van der Waals surface area contributed by atoms with Gasteiger partial charge in [-0.05, 0) is 36.2 Å². The van der Waals surface area contributed by atoms with Crippen LogP contribution in [0, 0.1) is 0 Å². The number of nitrogens with zero attached hydrogens (tertiary/aromatic N) is 3. The number of urea groups is 1. The fraction of sp³-hybridized carbons (Fsp3) is 0.353. The van der Waals surface area contributed by atoms with Crippen LogP contribution >= 0.6 is 0 Å². The van der Waals surface area contributed by atoms with Gasteiger partial charge < -0.3 is 19.1 Å². The molecule has 0 bridgehead atoms. The second kappa shape index (κ2) is 12.3. The lowest BCUT2D eigenvalue weighted by Gasteiger charge is -2.38. The van der Waals surface area contributed by atoms with E-state index in [1.165, 1.54) is 0 Å². The van der Waals surface area contributed by atoms with E-state index in [1.54, 1.807) is 21.7 Å². The molecule has 3 aromatic rings. The third-order valence-electron chi connectivity index (χ3n) is 8.42. The number of benzene rings is 3. The molecule has 0 aromatic heterocycles. The molecule has 1 saturated heterocycles.